The highest BCUT2D eigenvalue weighted by Crippen LogP contribution is 2.47. The van der Waals surface area contributed by atoms with Crippen LogP contribution in [0.3, 0.4) is 0 Å². The van der Waals surface area contributed by atoms with E-state index in [2.05, 4.69) is 4.98 Å². The molecule has 202 valence electrons. The minimum absolute atomic E-state index is 0.0164. The van der Waals surface area contributed by atoms with Crippen LogP contribution in [0.15, 0.2) is 59.6 Å². The molecule has 0 aliphatic heterocycles. The second-order valence-electron chi connectivity index (χ2n) is 9.99. The summed E-state index contributed by atoms with van der Waals surface area (Å²) in [5, 5.41) is 0. The number of pyridine rings is 1. The molecule has 2 aromatic rings. The number of rotatable bonds is 10. The molecule has 0 spiro atoms. The van der Waals surface area contributed by atoms with Crippen LogP contribution < -0.4 is 0 Å². The Kier molecular flexibility index (Phi) is 8.32. The Labute approximate surface area is 213 Å². The van der Waals surface area contributed by atoms with Gasteiger partial charge in [-0.05, 0) is 82.2 Å². The van der Waals surface area contributed by atoms with E-state index in [9.17, 15) is 35.2 Å². The molecule has 0 N–H and O–H groups in total. The van der Waals surface area contributed by atoms with Gasteiger partial charge in [0.1, 0.15) is 11.5 Å². The third-order valence-electron chi connectivity index (χ3n) is 7.18. The van der Waals surface area contributed by atoms with Gasteiger partial charge in [0, 0.05) is 24.1 Å². The highest BCUT2D eigenvalue weighted by Gasteiger charge is 2.50. The first-order valence-electron chi connectivity index (χ1n) is 12.0. The summed E-state index contributed by atoms with van der Waals surface area (Å²) in [5.41, 5.74) is -0.780. The molecule has 3 rings (SSSR count). The Morgan fingerprint density at radius 3 is 2.32 bits per heavy atom. The Hall–Kier alpha value is -2.62. The van der Waals surface area contributed by atoms with Gasteiger partial charge in [-0.15, -0.1) is 0 Å². The standard InChI is InChI=1S/C27H30F5NO3S/c1-4-13-26(28,29)20-8-6-9-22(16-20)37(35,36)25(2,3)21-14-19(15-21)23(34)10-5-7-18-11-12-24(33-17-18)27(30,31)32/h4,6,8-9,11-13,16-17,19,21H,5,7,10,14-15H2,1-3H3. The van der Waals surface area contributed by atoms with Crippen molar-refractivity contribution in [2.24, 2.45) is 11.8 Å². The number of ketones is 1. The summed E-state index contributed by atoms with van der Waals surface area (Å²) in [5.74, 6) is -3.92. The molecule has 37 heavy (non-hydrogen) atoms. The minimum atomic E-state index is -4.50. The van der Waals surface area contributed by atoms with Crippen molar-refractivity contribution in [1.29, 1.82) is 0 Å². The predicted molar refractivity (Wildman–Crippen MR) is 130 cm³/mol. The number of hydrogen-bond acceptors (Lipinski definition) is 4. The number of Topliss-reactive ketones (excluding diaryl/α,β-unsaturated/α-hetero) is 1. The van der Waals surface area contributed by atoms with Gasteiger partial charge < -0.3 is 0 Å². The molecule has 1 heterocycles. The SMILES string of the molecule is CC=CC(F)(F)c1cccc(S(=O)(=O)C(C)(C)C2CC(C(=O)CCCc3ccc(C(F)(F)F)nc3)C2)c1. The fourth-order valence-electron chi connectivity index (χ4n) is 4.56. The topological polar surface area (TPSA) is 64.1 Å². The van der Waals surface area contributed by atoms with Crippen molar-refractivity contribution < 1.29 is 35.2 Å². The molecule has 1 aliphatic carbocycles. The van der Waals surface area contributed by atoms with Gasteiger partial charge in [0.05, 0.1) is 9.64 Å². The first-order valence-corrected chi connectivity index (χ1v) is 13.5. The van der Waals surface area contributed by atoms with Crippen molar-refractivity contribution in [3.63, 3.8) is 0 Å². The Morgan fingerprint density at radius 1 is 1.08 bits per heavy atom. The molecule has 1 aromatic heterocycles. The number of allylic oxidation sites excluding steroid dienone is 2. The first-order chi connectivity index (χ1) is 17.1. The second-order valence-corrected chi connectivity index (χ2v) is 12.5. The minimum Gasteiger partial charge on any atom is -0.299 e. The number of carbonyl (C=O) groups is 1. The van der Waals surface area contributed by atoms with Gasteiger partial charge in [0.15, 0.2) is 9.84 Å². The molecular formula is C27H30F5NO3S. The number of carbonyl (C=O) groups excluding carboxylic acids is 1. The Balaban J connectivity index is 1.58. The van der Waals surface area contributed by atoms with Crippen LogP contribution in [0, 0.1) is 11.8 Å². The van der Waals surface area contributed by atoms with Gasteiger partial charge in [-0.25, -0.2) is 8.42 Å². The molecule has 1 aromatic carbocycles. The van der Waals surface area contributed by atoms with Crippen LogP contribution in [0.4, 0.5) is 22.0 Å². The van der Waals surface area contributed by atoms with E-state index in [1.165, 1.54) is 37.3 Å². The molecular weight excluding hydrogens is 513 g/mol. The van der Waals surface area contributed by atoms with Crippen LogP contribution in [0.5, 0.6) is 0 Å². The number of nitrogens with zero attached hydrogens (tertiary/aromatic N) is 1. The van der Waals surface area contributed by atoms with E-state index in [0.29, 0.717) is 37.3 Å². The Bertz CT molecular complexity index is 1250. The molecule has 1 aliphatic rings. The lowest BCUT2D eigenvalue weighted by atomic mass is 9.67. The number of aromatic nitrogens is 1. The molecule has 10 heteroatoms. The second kappa shape index (κ2) is 10.6. The third kappa shape index (κ3) is 6.27. The normalized spacial score (nSPS) is 19.1. The smallest absolute Gasteiger partial charge is 0.299 e. The van der Waals surface area contributed by atoms with Crippen molar-refractivity contribution >= 4 is 15.6 Å². The van der Waals surface area contributed by atoms with Crippen molar-refractivity contribution in [2.45, 2.75) is 74.6 Å². The summed E-state index contributed by atoms with van der Waals surface area (Å²) < 4.78 is 92.0. The van der Waals surface area contributed by atoms with Gasteiger partial charge in [-0.2, -0.15) is 22.0 Å². The van der Waals surface area contributed by atoms with E-state index in [-0.39, 0.29) is 28.9 Å². The molecule has 0 amide bonds. The lowest BCUT2D eigenvalue weighted by molar-refractivity contribution is -0.141. The van der Waals surface area contributed by atoms with Crippen LogP contribution in [-0.4, -0.2) is 23.9 Å². The highest BCUT2D eigenvalue weighted by molar-refractivity contribution is 7.92. The van der Waals surface area contributed by atoms with Crippen LogP contribution in [0.1, 0.15) is 63.3 Å². The molecule has 0 unspecified atom stereocenters. The molecule has 0 bridgehead atoms. The average Bonchev–Trinajstić information content (AvgIpc) is 2.77. The van der Waals surface area contributed by atoms with Crippen molar-refractivity contribution in [2.75, 3.05) is 0 Å². The molecule has 0 atom stereocenters. The van der Waals surface area contributed by atoms with E-state index in [1.54, 1.807) is 13.8 Å². The number of halogens is 5. The zero-order valence-electron chi connectivity index (χ0n) is 20.9. The van der Waals surface area contributed by atoms with Crippen LogP contribution in [-0.2, 0) is 33.2 Å². The fraction of sp³-hybridized carbons (Fsp3) is 0.481. The summed E-state index contributed by atoms with van der Waals surface area (Å²) >= 11 is 0. The fourth-order valence-corrected chi connectivity index (χ4v) is 6.34. The van der Waals surface area contributed by atoms with Gasteiger partial charge in [0.2, 0.25) is 0 Å². The van der Waals surface area contributed by atoms with E-state index >= 15 is 0 Å². The summed E-state index contributed by atoms with van der Waals surface area (Å²) in [6.45, 7) is 4.57. The molecule has 0 radical (unpaired) electrons. The maximum atomic E-state index is 14.3. The zero-order chi connectivity index (χ0) is 27.6. The van der Waals surface area contributed by atoms with Gasteiger partial charge in [-0.3, -0.25) is 9.78 Å². The molecule has 0 saturated heterocycles. The zero-order valence-corrected chi connectivity index (χ0v) is 21.7. The predicted octanol–water partition coefficient (Wildman–Crippen LogP) is 6.94. The van der Waals surface area contributed by atoms with Crippen molar-refractivity contribution in [3.05, 3.63) is 71.6 Å². The van der Waals surface area contributed by atoms with E-state index in [0.717, 1.165) is 18.3 Å². The lowest BCUT2D eigenvalue weighted by Crippen LogP contribution is -2.48. The highest BCUT2D eigenvalue weighted by atomic mass is 32.2. The van der Waals surface area contributed by atoms with E-state index in [1.807, 2.05) is 0 Å². The molecule has 1 fully saturated rings. The van der Waals surface area contributed by atoms with Crippen LogP contribution in [0.25, 0.3) is 0 Å². The summed E-state index contributed by atoms with van der Waals surface area (Å²) in [6, 6.07) is 7.06. The van der Waals surface area contributed by atoms with Gasteiger partial charge in [-0.1, -0.05) is 24.3 Å². The number of benzene rings is 1. The summed E-state index contributed by atoms with van der Waals surface area (Å²) in [6.07, 6.45) is 0.400. The lowest BCUT2D eigenvalue weighted by Gasteiger charge is -2.44. The Morgan fingerprint density at radius 2 is 1.76 bits per heavy atom. The third-order valence-corrected chi connectivity index (χ3v) is 9.77. The van der Waals surface area contributed by atoms with Gasteiger partial charge >= 0.3 is 6.18 Å². The number of hydrogen-bond donors (Lipinski definition) is 0. The van der Waals surface area contributed by atoms with E-state index < -0.39 is 37.9 Å². The number of aryl methyl sites for hydroxylation is 1. The van der Waals surface area contributed by atoms with Crippen LogP contribution >= 0.6 is 0 Å². The largest absolute Gasteiger partial charge is 0.433 e. The quantitative estimate of drug-likeness (QED) is 0.241. The van der Waals surface area contributed by atoms with Crippen molar-refractivity contribution in [1.82, 2.24) is 4.98 Å². The maximum Gasteiger partial charge on any atom is 0.433 e. The van der Waals surface area contributed by atoms with E-state index in [4.69, 9.17) is 0 Å². The monoisotopic (exact) mass is 543 g/mol. The first kappa shape index (κ1) is 28.9. The summed E-state index contributed by atoms with van der Waals surface area (Å²) in [4.78, 5) is 15.8. The van der Waals surface area contributed by atoms with Crippen LogP contribution in [0.2, 0.25) is 0 Å². The maximum absolute atomic E-state index is 14.3. The average molecular weight is 544 g/mol. The number of alkyl halides is 5. The number of sulfone groups is 1. The van der Waals surface area contributed by atoms with Crippen molar-refractivity contribution in [3.8, 4) is 0 Å². The summed E-state index contributed by atoms with van der Waals surface area (Å²) in [7, 11) is -3.97. The van der Waals surface area contributed by atoms with Gasteiger partial charge in [0.25, 0.3) is 5.92 Å². The molecule has 1 saturated carbocycles. The molecule has 4 nitrogen and oxygen atoms in total.